The number of hydrogen-bond acceptors (Lipinski definition) is 7. The maximum absolute atomic E-state index is 9.91. The quantitative estimate of drug-likeness (QED) is 0.368. The van der Waals surface area contributed by atoms with E-state index in [1.54, 1.807) is 35.4 Å². The van der Waals surface area contributed by atoms with Gasteiger partial charge in [-0.3, -0.25) is 4.68 Å². The van der Waals surface area contributed by atoms with Crippen LogP contribution in [-0.2, 0) is 13.1 Å². The summed E-state index contributed by atoms with van der Waals surface area (Å²) in [6.07, 6.45) is 7.74. The highest BCUT2D eigenvalue weighted by Crippen LogP contribution is 2.33. The molecule has 0 aliphatic carbocycles. The summed E-state index contributed by atoms with van der Waals surface area (Å²) in [4.78, 5) is 16.0. The summed E-state index contributed by atoms with van der Waals surface area (Å²) in [6.45, 7) is 0.852. The molecule has 1 aromatic carbocycles. The van der Waals surface area contributed by atoms with Gasteiger partial charge in [0.25, 0.3) is 0 Å². The molecule has 29 heavy (non-hydrogen) atoms. The van der Waals surface area contributed by atoms with Crippen LogP contribution in [0.5, 0.6) is 5.75 Å². The van der Waals surface area contributed by atoms with Crippen LogP contribution in [0, 0.1) is 0 Å². The summed E-state index contributed by atoms with van der Waals surface area (Å²) in [6, 6.07) is 6.60. The number of phenolic OH excluding ortho intramolecular Hbond substituents is 1. The Kier molecular flexibility index (Phi) is 5.41. The van der Waals surface area contributed by atoms with Crippen LogP contribution in [0.2, 0.25) is 5.02 Å². The molecule has 4 aromatic rings. The third-order valence-electron chi connectivity index (χ3n) is 4.26. The lowest BCUT2D eigenvalue weighted by atomic mass is 10.1. The van der Waals surface area contributed by atoms with Gasteiger partial charge in [0.05, 0.1) is 24.4 Å². The Morgan fingerprint density at radius 2 is 2.14 bits per heavy atom. The van der Waals surface area contributed by atoms with Crippen molar-refractivity contribution in [3.05, 3.63) is 59.9 Å². The molecule has 0 aliphatic rings. The van der Waals surface area contributed by atoms with Crippen LogP contribution in [0.3, 0.4) is 0 Å². The van der Waals surface area contributed by atoms with Crippen molar-refractivity contribution in [3.63, 3.8) is 0 Å². The van der Waals surface area contributed by atoms with E-state index in [-0.39, 0.29) is 12.4 Å². The zero-order valence-corrected chi connectivity index (χ0v) is 16.1. The zero-order chi connectivity index (χ0) is 20.2. The molecule has 10 heteroatoms. The molecule has 0 radical (unpaired) electrons. The molecule has 0 bridgehead atoms. The topological polar surface area (TPSA) is 131 Å². The SMILES string of the molecule is NCn1cc(-c2ccnc(NCCc3c[nH]cn3)n2)c(-c2cc(O)cc(Cl)c2)n1. The number of nitrogens with one attached hydrogen (secondary N) is 2. The van der Waals surface area contributed by atoms with E-state index in [0.29, 0.717) is 34.5 Å². The number of phenols is 1. The molecule has 9 nitrogen and oxygen atoms in total. The molecule has 5 N–H and O–H groups in total. The second kappa shape index (κ2) is 8.29. The Bertz CT molecular complexity index is 1090. The maximum Gasteiger partial charge on any atom is 0.223 e. The van der Waals surface area contributed by atoms with E-state index in [9.17, 15) is 5.11 Å². The Morgan fingerprint density at radius 1 is 1.24 bits per heavy atom. The predicted octanol–water partition coefficient (Wildman–Crippen LogP) is 2.66. The van der Waals surface area contributed by atoms with Gasteiger partial charge >= 0.3 is 0 Å². The van der Waals surface area contributed by atoms with Crippen molar-refractivity contribution in [3.8, 4) is 28.3 Å². The van der Waals surface area contributed by atoms with Gasteiger partial charge in [0.15, 0.2) is 0 Å². The number of aromatic nitrogens is 6. The largest absolute Gasteiger partial charge is 0.508 e. The maximum atomic E-state index is 9.91. The van der Waals surface area contributed by atoms with Gasteiger partial charge in [-0.1, -0.05) is 11.6 Å². The van der Waals surface area contributed by atoms with Gasteiger partial charge in [-0.05, 0) is 24.3 Å². The first-order valence-corrected chi connectivity index (χ1v) is 9.32. The van der Waals surface area contributed by atoms with Crippen molar-refractivity contribution in [2.24, 2.45) is 5.73 Å². The van der Waals surface area contributed by atoms with Gasteiger partial charge in [-0.25, -0.2) is 15.0 Å². The van der Waals surface area contributed by atoms with Crippen LogP contribution in [-0.4, -0.2) is 41.4 Å². The van der Waals surface area contributed by atoms with E-state index in [4.69, 9.17) is 17.3 Å². The van der Waals surface area contributed by atoms with Gasteiger partial charge in [0.2, 0.25) is 5.95 Å². The van der Waals surface area contributed by atoms with Crippen LogP contribution >= 0.6 is 11.6 Å². The second-order valence-corrected chi connectivity index (χ2v) is 6.75. The van der Waals surface area contributed by atoms with Crippen molar-refractivity contribution in [1.29, 1.82) is 0 Å². The molecule has 0 saturated carbocycles. The van der Waals surface area contributed by atoms with Gasteiger partial charge in [0, 0.05) is 47.7 Å². The van der Waals surface area contributed by atoms with E-state index in [2.05, 4.69) is 30.4 Å². The summed E-state index contributed by atoms with van der Waals surface area (Å²) >= 11 is 6.10. The Morgan fingerprint density at radius 3 is 2.90 bits per heavy atom. The summed E-state index contributed by atoms with van der Waals surface area (Å²) in [5, 5.41) is 18.0. The minimum atomic E-state index is 0.0594. The molecule has 0 saturated heterocycles. The average Bonchev–Trinajstić information content (AvgIpc) is 3.37. The number of nitrogens with two attached hydrogens (primary N) is 1. The van der Waals surface area contributed by atoms with E-state index in [1.165, 1.54) is 6.07 Å². The smallest absolute Gasteiger partial charge is 0.223 e. The first-order valence-electron chi connectivity index (χ1n) is 8.95. The molecule has 0 amide bonds. The monoisotopic (exact) mass is 410 g/mol. The number of halogens is 1. The van der Waals surface area contributed by atoms with E-state index in [1.807, 2.05) is 12.4 Å². The highest BCUT2D eigenvalue weighted by molar-refractivity contribution is 6.31. The third kappa shape index (κ3) is 4.36. The van der Waals surface area contributed by atoms with Crippen molar-refractivity contribution >= 4 is 17.5 Å². The first kappa shape index (κ1) is 18.9. The molecule has 4 rings (SSSR count). The molecular weight excluding hydrogens is 392 g/mol. The number of hydrogen-bond donors (Lipinski definition) is 4. The second-order valence-electron chi connectivity index (χ2n) is 6.31. The zero-order valence-electron chi connectivity index (χ0n) is 15.4. The highest BCUT2D eigenvalue weighted by Gasteiger charge is 2.16. The molecule has 0 spiro atoms. The number of aromatic amines is 1. The highest BCUT2D eigenvalue weighted by atomic mass is 35.5. The van der Waals surface area contributed by atoms with E-state index < -0.39 is 0 Å². The lowest BCUT2D eigenvalue weighted by molar-refractivity contribution is 0.475. The number of aromatic hydroxyl groups is 1. The molecule has 0 atom stereocenters. The van der Waals surface area contributed by atoms with Crippen molar-refractivity contribution < 1.29 is 5.11 Å². The number of rotatable bonds is 7. The van der Waals surface area contributed by atoms with Crippen molar-refractivity contribution in [2.45, 2.75) is 13.1 Å². The molecular formula is C19H19ClN8O. The Balaban J connectivity index is 1.63. The molecule has 3 aromatic heterocycles. The minimum absolute atomic E-state index is 0.0594. The fourth-order valence-electron chi connectivity index (χ4n) is 2.95. The van der Waals surface area contributed by atoms with Crippen LogP contribution in [0.4, 0.5) is 5.95 Å². The lowest BCUT2D eigenvalue weighted by Crippen LogP contribution is -2.08. The summed E-state index contributed by atoms with van der Waals surface area (Å²) < 4.78 is 1.61. The van der Waals surface area contributed by atoms with Gasteiger partial charge in [0.1, 0.15) is 11.4 Å². The first-order chi connectivity index (χ1) is 14.1. The van der Waals surface area contributed by atoms with E-state index >= 15 is 0 Å². The summed E-state index contributed by atoms with van der Waals surface area (Å²) in [5.74, 6) is 0.558. The molecule has 0 fully saturated rings. The number of H-pyrrole nitrogens is 1. The van der Waals surface area contributed by atoms with Gasteiger partial charge in [-0.15, -0.1) is 0 Å². The summed E-state index contributed by atoms with van der Waals surface area (Å²) in [5.41, 5.74) is 9.45. The minimum Gasteiger partial charge on any atom is -0.508 e. The van der Waals surface area contributed by atoms with Gasteiger partial charge in [-0.2, -0.15) is 5.10 Å². The van der Waals surface area contributed by atoms with Crippen LogP contribution < -0.4 is 11.1 Å². The molecule has 0 unspecified atom stereocenters. The fraction of sp³-hybridized carbons (Fsp3) is 0.158. The van der Waals surface area contributed by atoms with Gasteiger partial charge < -0.3 is 21.1 Å². The third-order valence-corrected chi connectivity index (χ3v) is 4.47. The number of anilines is 1. The normalized spacial score (nSPS) is 11.0. The van der Waals surface area contributed by atoms with Crippen molar-refractivity contribution in [2.75, 3.05) is 11.9 Å². The molecule has 3 heterocycles. The number of benzene rings is 1. The average molecular weight is 411 g/mol. The lowest BCUT2D eigenvalue weighted by Gasteiger charge is -2.07. The Labute approximate surface area is 171 Å². The summed E-state index contributed by atoms with van der Waals surface area (Å²) in [7, 11) is 0. The number of nitrogens with zero attached hydrogens (tertiary/aromatic N) is 5. The molecule has 0 aliphatic heterocycles. The number of imidazole rings is 1. The predicted molar refractivity (Wildman–Crippen MR) is 110 cm³/mol. The van der Waals surface area contributed by atoms with Crippen LogP contribution in [0.1, 0.15) is 5.69 Å². The molecule has 148 valence electrons. The Hall–Kier alpha value is -3.43. The van der Waals surface area contributed by atoms with Crippen LogP contribution in [0.15, 0.2) is 49.2 Å². The fourth-order valence-corrected chi connectivity index (χ4v) is 3.18. The van der Waals surface area contributed by atoms with Crippen molar-refractivity contribution in [1.82, 2.24) is 29.7 Å². The van der Waals surface area contributed by atoms with E-state index in [0.717, 1.165) is 17.7 Å². The standard InChI is InChI=1S/C19H19ClN8O/c20-13-5-12(6-15(29)7-13)18-16(9-28(10-21)27-18)17-2-4-24-19(26-17)23-3-1-14-8-22-11-25-14/h2,4-9,11,29H,1,3,10,21H2,(H,22,25)(H,23,24,26). The van der Waals surface area contributed by atoms with Crippen LogP contribution in [0.25, 0.3) is 22.5 Å².